The first kappa shape index (κ1) is 31.6. The highest BCUT2D eigenvalue weighted by atomic mass is 16.3. The number of amides is 1. The number of hydrogen-bond donors (Lipinski definition) is 2. The van der Waals surface area contributed by atoms with Gasteiger partial charge in [0.2, 0.25) is 5.91 Å². The molecule has 0 bridgehead atoms. The van der Waals surface area contributed by atoms with Crippen molar-refractivity contribution in [1.82, 2.24) is 5.32 Å². The number of carbonyl (C=O) groups excluding carboxylic acids is 1. The van der Waals surface area contributed by atoms with Crippen LogP contribution in [0.4, 0.5) is 0 Å². The molecule has 0 aromatic carbocycles. The van der Waals surface area contributed by atoms with Gasteiger partial charge < -0.3 is 10.4 Å². The smallest absolute Gasteiger partial charge is 0.222 e. The number of carbonyl (C=O) groups is 1. The van der Waals surface area contributed by atoms with Crippen LogP contribution in [0, 0.1) is 23.7 Å². The van der Waals surface area contributed by atoms with Crippen LogP contribution in [0.2, 0.25) is 0 Å². The van der Waals surface area contributed by atoms with Crippen molar-refractivity contribution in [3.8, 4) is 23.7 Å². The van der Waals surface area contributed by atoms with Crippen molar-refractivity contribution in [2.24, 2.45) is 0 Å². The van der Waals surface area contributed by atoms with Crippen molar-refractivity contribution in [2.45, 2.75) is 161 Å². The molecule has 0 aromatic heterocycles. The monoisotopic (exact) mass is 459 g/mol. The molecule has 33 heavy (non-hydrogen) atoms. The fourth-order valence-corrected chi connectivity index (χ4v) is 4.03. The average Bonchev–Trinajstić information content (AvgIpc) is 2.76. The summed E-state index contributed by atoms with van der Waals surface area (Å²) in [5.41, 5.74) is -1.07. The van der Waals surface area contributed by atoms with E-state index in [1.807, 2.05) is 6.92 Å². The summed E-state index contributed by atoms with van der Waals surface area (Å²) in [6, 6.07) is 0. The third kappa shape index (κ3) is 25.0. The molecule has 3 heteroatoms. The van der Waals surface area contributed by atoms with Crippen molar-refractivity contribution in [3.63, 3.8) is 0 Å². The van der Waals surface area contributed by atoms with E-state index < -0.39 is 5.72 Å². The maximum atomic E-state index is 11.8. The first-order valence-corrected chi connectivity index (χ1v) is 14.0. The minimum absolute atomic E-state index is 0.0435. The molecular weight excluding hydrogens is 406 g/mol. The Kier molecular flexibility index (Phi) is 22.7. The van der Waals surface area contributed by atoms with Gasteiger partial charge in [0.1, 0.15) is 5.72 Å². The zero-order valence-corrected chi connectivity index (χ0v) is 22.2. The van der Waals surface area contributed by atoms with Crippen molar-refractivity contribution < 1.29 is 9.90 Å². The molecule has 3 nitrogen and oxygen atoms in total. The molecule has 0 spiro atoms. The Morgan fingerprint density at radius 2 is 1.09 bits per heavy atom. The first-order valence-electron chi connectivity index (χ1n) is 14.0. The third-order valence-corrected chi connectivity index (χ3v) is 6.00. The van der Waals surface area contributed by atoms with Crippen LogP contribution in [0.3, 0.4) is 0 Å². The van der Waals surface area contributed by atoms with Crippen LogP contribution < -0.4 is 5.32 Å². The number of aliphatic hydroxyl groups is 1. The Bertz CT molecular complexity index is 574. The second-order valence-corrected chi connectivity index (χ2v) is 9.73. The van der Waals surface area contributed by atoms with E-state index in [0.717, 1.165) is 44.9 Å². The molecule has 190 valence electrons. The molecule has 0 heterocycles. The van der Waals surface area contributed by atoms with E-state index in [4.69, 9.17) is 0 Å². The lowest BCUT2D eigenvalue weighted by molar-refractivity contribution is -0.128. The Balaban J connectivity index is 3.41. The zero-order chi connectivity index (χ0) is 24.5. The van der Waals surface area contributed by atoms with Crippen LogP contribution in [0.1, 0.15) is 156 Å². The first-order chi connectivity index (χ1) is 16.0. The lowest BCUT2D eigenvalue weighted by Crippen LogP contribution is -2.45. The Labute approximate surface area is 206 Å². The van der Waals surface area contributed by atoms with E-state index in [1.54, 1.807) is 6.92 Å². The fourth-order valence-electron chi connectivity index (χ4n) is 4.03. The molecule has 1 atom stereocenters. The Morgan fingerprint density at radius 3 is 1.55 bits per heavy atom. The van der Waals surface area contributed by atoms with Crippen LogP contribution in [0.25, 0.3) is 0 Å². The molecule has 0 aromatic rings. The largest absolute Gasteiger partial charge is 0.371 e. The second kappa shape index (κ2) is 23.7. The number of unbranched alkanes of at least 4 members (excludes halogenated alkanes) is 16. The molecule has 0 saturated heterocycles. The highest BCUT2D eigenvalue weighted by Crippen LogP contribution is 2.12. The molecule has 0 fully saturated rings. The summed E-state index contributed by atoms with van der Waals surface area (Å²) in [7, 11) is 0. The molecule has 0 rings (SSSR count). The molecule has 1 amide bonds. The average molecular weight is 460 g/mol. The third-order valence-electron chi connectivity index (χ3n) is 6.00. The van der Waals surface area contributed by atoms with Crippen LogP contribution in [0.15, 0.2) is 0 Å². The quantitative estimate of drug-likeness (QED) is 0.104. The van der Waals surface area contributed by atoms with Crippen molar-refractivity contribution in [3.05, 3.63) is 0 Å². The van der Waals surface area contributed by atoms with E-state index >= 15 is 0 Å². The normalized spacial score (nSPS) is 12.2. The maximum absolute atomic E-state index is 11.8. The van der Waals surface area contributed by atoms with E-state index in [2.05, 4.69) is 35.9 Å². The summed E-state index contributed by atoms with van der Waals surface area (Å²) in [6.07, 6.45) is 24.2. The number of hydrogen-bond acceptors (Lipinski definition) is 2. The van der Waals surface area contributed by atoms with Gasteiger partial charge in [0.25, 0.3) is 0 Å². The predicted molar refractivity (Wildman–Crippen MR) is 143 cm³/mol. The van der Waals surface area contributed by atoms with Gasteiger partial charge in [0.05, 0.1) is 0 Å². The molecule has 0 aliphatic rings. The molecular formula is C30H53NO2. The summed E-state index contributed by atoms with van der Waals surface area (Å²) < 4.78 is 0. The van der Waals surface area contributed by atoms with Crippen LogP contribution in [0.5, 0.6) is 0 Å². The topological polar surface area (TPSA) is 49.3 Å². The van der Waals surface area contributed by atoms with Crippen LogP contribution >= 0.6 is 0 Å². The molecule has 1 unspecified atom stereocenters. The Hall–Kier alpha value is -1.45. The lowest BCUT2D eigenvalue weighted by Gasteiger charge is -2.24. The molecule has 0 aliphatic carbocycles. The number of rotatable bonds is 21. The zero-order valence-electron chi connectivity index (χ0n) is 22.2. The fraction of sp³-hybridized carbons (Fsp3) is 0.833. The van der Waals surface area contributed by atoms with Gasteiger partial charge in [-0.25, -0.2) is 0 Å². The minimum atomic E-state index is -1.07. The summed E-state index contributed by atoms with van der Waals surface area (Å²) in [4.78, 5) is 11.8. The van der Waals surface area contributed by atoms with Gasteiger partial charge in [-0.3, -0.25) is 4.79 Å². The van der Waals surface area contributed by atoms with Gasteiger partial charge in [-0.15, -0.1) is 0 Å². The highest BCUT2D eigenvalue weighted by Gasteiger charge is 2.20. The predicted octanol–water partition coefficient (Wildman–Crippen LogP) is 8.05. The maximum Gasteiger partial charge on any atom is 0.222 e. The van der Waals surface area contributed by atoms with Crippen molar-refractivity contribution >= 4 is 5.91 Å². The van der Waals surface area contributed by atoms with Gasteiger partial charge in [-0.1, -0.05) is 116 Å². The SMILES string of the molecule is CCCCCCCCCCCCC#CC#CCCCCCCCCC(=O)NC(C)(O)CCC. The van der Waals surface area contributed by atoms with Gasteiger partial charge in [0, 0.05) is 19.3 Å². The highest BCUT2D eigenvalue weighted by molar-refractivity contribution is 5.76. The van der Waals surface area contributed by atoms with Crippen molar-refractivity contribution in [1.29, 1.82) is 0 Å². The lowest BCUT2D eigenvalue weighted by atomic mass is 10.1. The van der Waals surface area contributed by atoms with E-state index in [1.165, 1.54) is 77.0 Å². The van der Waals surface area contributed by atoms with Crippen molar-refractivity contribution in [2.75, 3.05) is 0 Å². The summed E-state index contributed by atoms with van der Waals surface area (Å²) in [5.74, 6) is 12.3. The minimum Gasteiger partial charge on any atom is -0.371 e. The van der Waals surface area contributed by atoms with Crippen LogP contribution in [-0.2, 0) is 4.79 Å². The summed E-state index contributed by atoms with van der Waals surface area (Å²) in [6.45, 7) is 5.94. The summed E-state index contributed by atoms with van der Waals surface area (Å²) >= 11 is 0. The van der Waals surface area contributed by atoms with E-state index in [0.29, 0.717) is 12.8 Å². The standard InChI is InChI=1S/C30H53NO2/c1-4-6-7-8-9-10-11-12-13-14-15-16-17-18-19-20-21-22-23-24-25-26-27-29(32)31-30(3,33)28-5-2/h33H,4-15,20-28H2,1-3H3,(H,31,32). The van der Waals surface area contributed by atoms with Gasteiger partial charge >= 0.3 is 0 Å². The van der Waals surface area contributed by atoms with E-state index in [9.17, 15) is 9.90 Å². The number of nitrogens with one attached hydrogen (secondary N) is 1. The second-order valence-electron chi connectivity index (χ2n) is 9.73. The molecule has 0 saturated carbocycles. The molecule has 0 radical (unpaired) electrons. The van der Waals surface area contributed by atoms with Gasteiger partial charge in [-0.2, -0.15) is 0 Å². The van der Waals surface area contributed by atoms with E-state index in [-0.39, 0.29) is 5.91 Å². The molecule has 0 aliphatic heterocycles. The molecule has 2 N–H and O–H groups in total. The van der Waals surface area contributed by atoms with Crippen LogP contribution in [-0.4, -0.2) is 16.7 Å². The van der Waals surface area contributed by atoms with Gasteiger partial charge in [-0.05, 0) is 44.4 Å². The summed E-state index contributed by atoms with van der Waals surface area (Å²) in [5, 5.41) is 12.7. The van der Waals surface area contributed by atoms with Gasteiger partial charge in [0.15, 0.2) is 0 Å². The Morgan fingerprint density at radius 1 is 0.667 bits per heavy atom.